The van der Waals surface area contributed by atoms with Crippen LogP contribution < -0.4 is 5.32 Å². The van der Waals surface area contributed by atoms with E-state index >= 15 is 0 Å². The van der Waals surface area contributed by atoms with Crippen LogP contribution in [-0.4, -0.2) is 24.3 Å². The van der Waals surface area contributed by atoms with Crippen LogP contribution in [0.5, 0.6) is 0 Å². The van der Waals surface area contributed by atoms with Crippen LogP contribution in [0.1, 0.15) is 36.2 Å². The quantitative estimate of drug-likeness (QED) is 0.676. The van der Waals surface area contributed by atoms with Gasteiger partial charge in [-0.25, -0.2) is 0 Å². The molecule has 114 valence electrons. The van der Waals surface area contributed by atoms with E-state index in [1.54, 1.807) is 18.2 Å². The molecule has 0 unspecified atom stereocenters. The van der Waals surface area contributed by atoms with Crippen molar-refractivity contribution in [1.29, 1.82) is 5.26 Å². The SMILES string of the molecule is CC(C)(C#N)C(=O)OCC(=O)c1ccc2c(c1)CCC(=O)N2. The van der Waals surface area contributed by atoms with Crippen molar-refractivity contribution in [3.63, 3.8) is 0 Å². The minimum absolute atomic E-state index is 0.0424. The van der Waals surface area contributed by atoms with E-state index in [4.69, 9.17) is 10.00 Å². The predicted molar refractivity (Wildman–Crippen MR) is 78.1 cm³/mol. The van der Waals surface area contributed by atoms with Crippen LogP contribution in [0.25, 0.3) is 0 Å². The summed E-state index contributed by atoms with van der Waals surface area (Å²) in [6.07, 6.45) is 0.958. The Balaban J connectivity index is 2.04. The minimum atomic E-state index is -1.28. The minimum Gasteiger partial charge on any atom is -0.456 e. The van der Waals surface area contributed by atoms with Gasteiger partial charge in [-0.3, -0.25) is 14.4 Å². The first-order chi connectivity index (χ1) is 10.3. The Morgan fingerprint density at radius 3 is 2.77 bits per heavy atom. The van der Waals surface area contributed by atoms with Gasteiger partial charge in [0.05, 0.1) is 6.07 Å². The van der Waals surface area contributed by atoms with E-state index < -0.39 is 18.0 Å². The number of ketones is 1. The van der Waals surface area contributed by atoms with Crippen LogP contribution in [0.4, 0.5) is 5.69 Å². The molecule has 1 amide bonds. The Bertz CT molecular complexity index is 686. The standard InChI is InChI=1S/C16H16N2O4/c1-16(2,9-17)15(21)22-8-13(19)11-3-5-12-10(7-11)4-6-14(20)18-12/h3,5,7H,4,6,8H2,1-2H3,(H,18,20). The van der Waals surface area contributed by atoms with Gasteiger partial charge in [0.1, 0.15) is 5.41 Å². The number of Topliss-reactive ketones (excluding diaryl/α,β-unsaturated/α-hetero) is 1. The van der Waals surface area contributed by atoms with Crippen molar-refractivity contribution in [2.45, 2.75) is 26.7 Å². The molecule has 1 aromatic carbocycles. The Labute approximate surface area is 128 Å². The van der Waals surface area contributed by atoms with E-state index in [2.05, 4.69) is 5.32 Å². The van der Waals surface area contributed by atoms with Gasteiger partial charge in [0.15, 0.2) is 12.4 Å². The topological polar surface area (TPSA) is 96.3 Å². The summed E-state index contributed by atoms with van der Waals surface area (Å²) in [7, 11) is 0. The third-order valence-electron chi connectivity index (χ3n) is 3.45. The molecule has 0 saturated heterocycles. The number of fused-ring (bicyclic) bond motifs is 1. The summed E-state index contributed by atoms with van der Waals surface area (Å²) in [6.45, 7) is 2.46. The third-order valence-corrected chi connectivity index (χ3v) is 3.45. The molecule has 0 radical (unpaired) electrons. The van der Waals surface area contributed by atoms with Crippen molar-refractivity contribution in [2.75, 3.05) is 11.9 Å². The van der Waals surface area contributed by atoms with Crippen LogP contribution >= 0.6 is 0 Å². The summed E-state index contributed by atoms with van der Waals surface area (Å²) in [5.41, 5.74) is 0.724. The number of hydrogen-bond donors (Lipinski definition) is 1. The molecule has 1 N–H and O–H groups in total. The van der Waals surface area contributed by atoms with Gasteiger partial charge < -0.3 is 10.1 Å². The fourth-order valence-electron chi connectivity index (χ4n) is 2.00. The molecule has 0 aliphatic carbocycles. The average Bonchev–Trinajstić information content (AvgIpc) is 2.51. The summed E-state index contributed by atoms with van der Waals surface area (Å²) in [5.74, 6) is -1.12. The number of carbonyl (C=O) groups excluding carboxylic acids is 3. The normalized spacial score (nSPS) is 13.6. The Kier molecular flexibility index (Phi) is 4.27. The maximum atomic E-state index is 12.1. The zero-order valence-electron chi connectivity index (χ0n) is 12.4. The smallest absolute Gasteiger partial charge is 0.326 e. The molecule has 6 nitrogen and oxygen atoms in total. The summed E-state index contributed by atoms with van der Waals surface area (Å²) in [5, 5.41) is 11.6. The largest absolute Gasteiger partial charge is 0.456 e. The van der Waals surface area contributed by atoms with Gasteiger partial charge in [0.25, 0.3) is 0 Å². The molecule has 1 aliphatic heterocycles. The number of carbonyl (C=O) groups is 3. The zero-order chi connectivity index (χ0) is 16.3. The summed E-state index contributed by atoms with van der Waals surface area (Å²) >= 11 is 0. The molecule has 1 aromatic rings. The summed E-state index contributed by atoms with van der Waals surface area (Å²) < 4.78 is 4.89. The summed E-state index contributed by atoms with van der Waals surface area (Å²) in [4.78, 5) is 35.0. The van der Waals surface area contributed by atoms with E-state index in [9.17, 15) is 14.4 Å². The number of aryl methyl sites for hydroxylation is 1. The van der Waals surface area contributed by atoms with Crippen LogP contribution in [0, 0.1) is 16.7 Å². The van der Waals surface area contributed by atoms with Crippen molar-refractivity contribution < 1.29 is 19.1 Å². The number of amides is 1. The van der Waals surface area contributed by atoms with Crippen LogP contribution in [0.2, 0.25) is 0 Å². The second-order valence-electron chi connectivity index (χ2n) is 5.66. The Morgan fingerprint density at radius 1 is 1.36 bits per heavy atom. The molecule has 0 fully saturated rings. The van der Waals surface area contributed by atoms with Gasteiger partial charge in [-0.1, -0.05) is 0 Å². The van der Waals surface area contributed by atoms with Crippen LogP contribution in [-0.2, 0) is 20.7 Å². The Morgan fingerprint density at radius 2 is 2.09 bits per heavy atom. The van der Waals surface area contributed by atoms with Gasteiger partial charge >= 0.3 is 5.97 Å². The van der Waals surface area contributed by atoms with Crippen LogP contribution in [0.15, 0.2) is 18.2 Å². The number of nitrogens with one attached hydrogen (secondary N) is 1. The van der Waals surface area contributed by atoms with E-state index in [1.165, 1.54) is 13.8 Å². The number of nitrogens with zero attached hydrogens (tertiary/aromatic N) is 1. The van der Waals surface area contributed by atoms with Crippen molar-refractivity contribution >= 4 is 23.3 Å². The first-order valence-electron chi connectivity index (χ1n) is 6.88. The van der Waals surface area contributed by atoms with Gasteiger partial charge in [0, 0.05) is 17.7 Å². The predicted octanol–water partition coefficient (Wildman–Crippen LogP) is 1.85. The lowest BCUT2D eigenvalue weighted by Crippen LogP contribution is -2.27. The number of hydrogen-bond acceptors (Lipinski definition) is 5. The third kappa shape index (κ3) is 3.31. The zero-order valence-corrected chi connectivity index (χ0v) is 12.4. The molecule has 0 spiro atoms. The highest BCUT2D eigenvalue weighted by atomic mass is 16.5. The van der Waals surface area contributed by atoms with Crippen LogP contribution in [0.3, 0.4) is 0 Å². The molecule has 1 heterocycles. The number of esters is 1. The highest BCUT2D eigenvalue weighted by molar-refractivity contribution is 6.00. The molecular formula is C16H16N2O4. The fourth-order valence-corrected chi connectivity index (χ4v) is 2.00. The molecule has 2 rings (SSSR count). The number of ether oxygens (including phenoxy) is 1. The molecular weight excluding hydrogens is 284 g/mol. The second kappa shape index (κ2) is 5.98. The lowest BCUT2D eigenvalue weighted by molar-refractivity contribution is -0.149. The molecule has 1 aliphatic rings. The molecule has 6 heteroatoms. The van der Waals surface area contributed by atoms with E-state index in [-0.39, 0.29) is 11.7 Å². The van der Waals surface area contributed by atoms with E-state index in [0.29, 0.717) is 24.1 Å². The van der Waals surface area contributed by atoms with Gasteiger partial charge in [0.2, 0.25) is 5.91 Å². The highest BCUT2D eigenvalue weighted by Crippen LogP contribution is 2.24. The Hall–Kier alpha value is -2.68. The maximum absolute atomic E-state index is 12.1. The first-order valence-corrected chi connectivity index (χ1v) is 6.88. The first kappa shape index (κ1) is 15.7. The van der Waals surface area contributed by atoms with Gasteiger partial charge in [-0.2, -0.15) is 5.26 Å². The summed E-state index contributed by atoms with van der Waals surface area (Å²) in [6, 6.07) is 6.77. The number of nitriles is 1. The number of anilines is 1. The molecule has 0 atom stereocenters. The fraction of sp³-hybridized carbons (Fsp3) is 0.375. The molecule has 0 aromatic heterocycles. The van der Waals surface area contributed by atoms with Crippen molar-refractivity contribution in [3.05, 3.63) is 29.3 Å². The van der Waals surface area contributed by atoms with Crippen molar-refractivity contribution in [2.24, 2.45) is 5.41 Å². The molecule has 22 heavy (non-hydrogen) atoms. The lowest BCUT2D eigenvalue weighted by atomic mass is 9.96. The maximum Gasteiger partial charge on any atom is 0.326 e. The molecule has 0 bridgehead atoms. The van der Waals surface area contributed by atoms with Gasteiger partial charge in [-0.05, 0) is 44.0 Å². The number of rotatable bonds is 4. The monoisotopic (exact) mass is 300 g/mol. The second-order valence-corrected chi connectivity index (χ2v) is 5.66. The van der Waals surface area contributed by atoms with E-state index in [0.717, 1.165) is 5.56 Å². The highest BCUT2D eigenvalue weighted by Gasteiger charge is 2.29. The average molecular weight is 300 g/mol. The van der Waals surface area contributed by atoms with Gasteiger partial charge in [-0.15, -0.1) is 0 Å². The van der Waals surface area contributed by atoms with Crippen molar-refractivity contribution in [3.8, 4) is 6.07 Å². The lowest BCUT2D eigenvalue weighted by Gasteiger charge is -2.17. The van der Waals surface area contributed by atoms with E-state index in [1.807, 2.05) is 6.07 Å². The molecule has 0 saturated carbocycles. The number of benzene rings is 1. The van der Waals surface area contributed by atoms with Crippen molar-refractivity contribution in [1.82, 2.24) is 0 Å².